The molecule has 2 N–H and O–H groups in total. The molecule has 2 aromatic rings. The van der Waals surface area contributed by atoms with Gasteiger partial charge < -0.3 is 10.6 Å². The van der Waals surface area contributed by atoms with Crippen LogP contribution in [0.15, 0.2) is 46.4 Å². The molecule has 6 heteroatoms. The maximum absolute atomic E-state index is 6.60. The zero-order chi connectivity index (χ0) is 22.5. The number of aliphatic imine (C=N–C) groups is 2. The van der Waals surface area contributed by atoms with E-state index >= 15 is 0 Å². The average molecular weight is 471 g/mol. The van der Waals surface area contributed by atoms with Gasteiger partial charge >= 0.3 is 0 Å². The summed E-state index contributed by atoms with van der Waals surface area (Å²) in [6.45, 7) is 4.41. The van der Waals surface area contributed by atoms with Gasteiger partial charge in [0, 0.05) is 12.8 Å². The molecule has 0 bridgehead atoms. The summed E-state index contributed by atoms with van der Waals surface area (Å²) in [5.41, 5.74) is 3.87. The number of amidine groups is 2. The highest BCUT2D eigenvalue weighted by molar-refractivity contribution is 6.35. The molecule has 0 aliphatic carbocycles. The second-order valence-electron chi connectivity index (χ2n) is 8.75. The predicted octanol–water partition coefficient (Wildman–Crippen LogP) is 8.21. The van der Waals surface area contributed by atoms with Crippen LogP contribution in [-0.4, -0.2) is 23.8 Å². The molecule has 0 fully saturated rings. The molecule has 0 aromatic heterocycles. The lowest BCUT2D eigenvalue weighted by Crippen LogP contribution is -2.09. The largest absolute Gasteiger partial charge is 0.343 e. The van der Waals surface area contributed by atoms with Crippen molar-refractivity contribution >= 4 is 46.2 Å². The molecule has 170 valence electrons. The van der Waals surface area contributed by atoms with Gasteiger partial charge in [-0.1, -0.05) is 62.0 Å². The molecule has 2 aliphatic heterocycles. The minimum Gasteiger partial charge on any atom is -0.343 e. The molecule has 4 nitrogen and oxygen atoms in total. The fourth-order valence-electron chi connectivity index (χ4n) is 4.48. The Balaban J connectivity index is 1.44. The number of nitrogens with one attached hydrogen (secondary N) is 2. The van der Waals surface area contributed by atoms with E-state index < -0.39 is 0 Å². The van der Waals surface area contributed by atoms with E-state index in [0.29, 0.717) is 22.1 Å². The van der Waals surface area contributed by atoms with Crippen molar-refractivity contribution in [2.75, 3.05) is 10.6 Å². The van der Waals surface area contributed by atoms with Crippen molar-refractivity contribution in [1.82, 2.24) is 0 Å². The van der Waals surface area contributed by atoms with Gasteiger partial charge in [-0.15, -0.1) is 0 Å². The van der Waals surface area contributed by atoms with Crippen molar-refractivity contribution in [2.45, 2.75) is 77.3 Å². The third-order valence-electron chi connectivity index (χ3n) is 6.18. The van der Waals surface area contributed by atoms with Gasteiger partial charge in [-0.3, -0.25) is 9.98 Å². The highest BCUT2D eigenvalue weighted by Gasteiger charge is 2.19. The van der Waals surface area contributed by atoms with E-state index in [4.69, 9.17) is 33.2 Å². The molecule has 2 aliphatic rings. The van der Waals surface area contributed by atoms with E-state index in [0.717, 1.165) is 72.7 Å². The van der Waals surface area contributed by atoms with E-state index in [1.807, 2.05) is 24.3 Å². The van der Waals surface area contributed by atoms with Crippen molar-refractivity contribution < 1.29 is 0 Å². The zero-order valence-electron chi connectivity index (χ0n) is 18.9. The van der Waals surface area contributed by atoms with Crippen molar-refractivity contribution in [3.8, 4) is 11.1 Å². The molecule has 0 spiro atoms. The van der Waals surface area contributed by atoms with Crippen molar-refractivity contribution in [1.29, 1.82) is 0 Å². The number of nitrogens with zero attached hydrogens (tertiary/aromatic N) is 2. The minimum atomic E-state index is 0.447. The summed E-state index contributed by atoms with van der Waals surface area (Å²) in [7, 11) is 0. The highest BCUT2D eigenvalue weighted by Crippen LogP contribution is 2.34. The quantitative estimate of drug-likeness (QED) is 0.428. The fraction of sp³-hybridized carbons (Fsp3) is 0.462. The predicted molar refractivity (Wildman–Crippen MR) is 140 cm³/mol. The van der Waals surface area contributed by atoms with Crippen LogP contribution >= 0.6 is 23.2 Å². The SMILES string of the molecule is CCCC1CCC(Nc2ccc(-c3ccc(NC4=NC(CCC)CC4)c(Cl)c3)cc2Cl)=N1. The first-order valence-corrected chi connectivity index (χ1v) is 12.6. The first-order valence-electron chi connectivity index (χ1n) is 11.8. The molecular weight excluding hydrogens is 439 g/mol. The lowest BCUT2D eigenvalue weighted by atomic mass is 10.0. The van der Waals surface area contributed by atoms with Gasteiger partial charge in [0.15, 0.2) is 0 Å². The summed E-state index contributed by atoms with van der Waals surface area (Å²) in [4.78, 5) is 9.57. The topological polar surface area (TPSA) is 48.8 Å². The maximum Gasteiger partial charge on any atom is 0.101 e. The number of hydrogen-bond donors (Lipinski definition) is 2. The molecule has 32 heavy (non-hydrogen) atoms. The molecule has 2 aromatic carbocycles. The van der Waals surface area contributed by atoms with Gasteiger partial charge in [-0.2, -0.15) is 0 Å². The van der Waals surface area contributed by atoms with E-state index in [-0.39, 0.29) is 0 Å². The van der Waals surface area contributed by atoms with Crippen LogP contribution < -0.4 is 10.6 Å². The Hall–Kier alpha value is -2.04. The molecular formula is C26H32Cl2N4. The molecule has 0 saturated heterocycles. The van der Waals surface area contributed by atoms with Crippen LogP contribution in [0.4, 0.5) is 11.4 Å². The van der Waals surface area contributed by atoms with Crippen LogP contribution in [0, 0.1) is 0 Å². The van der Waals surface area contributed by atoms with E-state index in [9.17, 15) is 0 Å². The maximum atomic E-state index is 6.60. The Bertz CT molecular complexity index is 933. The number of benzene rings is 2. The monoisotopic (exact) mass is 470 g/mol. The minimum absolute atomic E-state index is 0.447. The standard InChI is InChI=1S/C26H32Cl2N4/c1-3-5-19-9-13-25(29-19)31-23-11-7-17(15-21(23)27)18-8-12-24(22(28)16-18)32-26-14-10-20(30-26)6-4-2/h7-8,11-12,15-16,19-20H,3-6,9-10,13-14H2,1-2H3,(H,29,31)(H,30,32). The summed E-state index contributed by atoms with van der Waals surface area (Å²) in [5.74, 6) is 2.07. The van der Waals surface area contributed by atoms with Gasteiger partial charge in [0.05, 0.1) is 33.5 Å². The molecule has 2 unspecified atom stereocenters. The second-order valence-corrected chi connectivity index (χ2v) is 9.57. The molecule has 4 rings (SSSR count). The van der Waals surface area contributed by atoms with Gasteiger partial charge in [-0.05, 0) is 61.1 Å². The normalized spacial score (nSPS) is 20.2. The summed E-state index contributed by atoms with van der Waals surface area (Å²) in [6.07, 6.45) is 8.84. The number of halogens is 2. The van der Waals surface area contributed by atoms with Gasteiger partial charge in [-0.25, -0.2) is 0 Å². The van der Waals surface area contributed by atoms with Crippen molar-refractivity contribution in [3.63, 3.8) is 0 Å². The lowest BCUT2D eigenvalue weighted by molar-refractivity contribution is 0.604. The smallest absolute Gasteiger partial charge is 0.101 e. The van der Waals surface area contributed by atoms with Crippen molar-refractivity contribution in [2.24, 2.45) is 9.98 Å². The summed E-state index contributed by atoms with van der Waals surface area (Å²) in [5, 5.41) is 8.21. The van der Waals surface area contributed by atoms with Crippen molar-refractivity contribution in [3.05, 3.63) is 46.4 Å². The lowest BCUT2D eigenvalue weighted by Gasteiger charge is -2.12. The number of rotatable bonds is 7. The number of anilines is 2. The Morgan fingerprint density at radius 2 is 1.19 bits per heavy atom. The summed E-state index contributed by atoms with van der Waals surface area (Å²) < 4.78 is 0. The van der Waals surface area contributed by atoms with Crippen LogP contribution in [0.25, 0.3) is 11.1 Å². The zero-order valence-corrected chi connectivity index (χ0v) is 20.4. The Morgan fingerprint density at radius 3 is 1.56 bits per heavy atom. The number of hydrogen-bond acceptors (Lipinski definition) is 4. The Labute approximate surface area is 201 Å². The third kappa shape index (κ3) is 5.65. The summed E-state index contributed by atoms with van der Waals surface area (Å²) in [6, 6.07) is 13.1. The van der Waals surface area contributed by atoms with Crippen LogP contribution in [-0.2, 0) is 0 Å². The molecule has 0 amide bonds. The van der Waals surface area contributed by atoms with Gasteiger partial charge in [0.1, 0.15) is 11.7 Å². The van der Waals surface area contributed by atoms with Crippen LogP contribution in [0.1, 0.15) is 65.2 Å². The Morgan fingerprint density at radius 1 is 0.750 bits per heavy atom. The van der Waals surface area contributed by atoms with Gasteiger partial charge in [0.2, 0.25) is 0 Å². The first kappa shape index (κ1) is 23.1. The van der Waals surface area contributed by atoms with Gasteiger partial charge in [0.25, 0.3) is 0 Å². The molecule has 0 radical (unpaired) electrons. The highest BCUT2D eigenvalue weighted by atomic mass is 35.5. The summed E-state index contributed by atoms with van der Waals surface area (Å²) >= 11 is 13.2. The molecule has 0 saturated carbocycles. The van der Waals surface area contributed by atoms with Crippen LogP contribution in [0.5, 0.6) is 0 Å². The average Bonchev–Trinajstić information content (AvgIpc) is 3.41. The fourth-order valence-corrected chi connectivity index (χ4v) is 4.94. The molecule has 2 atom stereocenters. The first-order chi connectivity index (χ1) is 15.6. The van der Waals surface area contributed by atoms with Crippen LogP contribution in [0.2, 0.25) is 10.0 Å². The van der Waals surface area contributed by atoms with E-state index in [1.54, 1.807) is 0 Å². The molecule has 2 heterocycles. The van der Waals surface area contributed by atoms with E-state index in [1.165, 1.54) is 12.8 Å². The third-order valence-corrected chi connectivity index (χ3v) is 6.80. The van der Waals surface area contributed by atoms with E-state index in [2.05, 4.69) is 36.6 Å². The second kappa shape index (κ2) is 10.7. The Kier molecular flexibility index (Phi) is 7.75. The van der Waals surface area contributed by atoms with Crippen LogP contribution in [0.3, 0.4) is 0 Å².